The van der Waals surface area contributed by atoms with Crippen molar-refractivity contribution in [2.24, 2.45) is 5.92 Å². The van der Waals surface area contributed by atoms with Gasteiger partial charge < -0.3 is 10.1 Å². The Morgan fingerprint density at radius 1 is 1.18 bits per heavy atom. The van der Waals surface area contributed by atoms with Crippen LogP contribution >= 0.6 is 11.3 Å². The lowest BCUT2D eigenvalue weighted by Gasteiger charge is -2.06. The smallest absolute Gasteiger partial charge is 0.387 e. The molecule has 0 saturated heterocycles. The van der Waals surface area contributed by atoms with Crippen LogP contribution < -0.4 is 10.1 Å². The number of nitrogens with zero attached hydrogens (tertiary/aromatic N) is 1. The number of anilines is 1. The highest BCUT2D eigenvalue weighted by atomic mass is 32.1. The minimum absolute atomic E-state index is 0.0688. The molecule has 3 aromatic rings. The van der Waals surface area contributed by atoms with Crippen LogP contribution in [-0.4, -0.2) is 17.5 Å². The van der Waals surface area contributed by atoms with Crippen LogP contribution in [0.25, 0.3) is 21.8 Å². The lowest BCUT2D eigenvalue weighted by Crippen LogP contribution is -2.13. The third-order valence-electron chi connectivity index (χ3n) is 4.47. The summed E-state index contributed by atoms with van der Waals surface area (Å²) in [4.78, 5) is 17.7. The Morgan fingerprint density at radius 2 is 1.93 bits per heavy atom. The number of carbonyl (C=O) groups excluding carboxylic acids is 1. The molecule has 1 saturated carbocycles. The van der Waals surface area contributed by atoms with Gasteiger partial charge in [0.25, 0.3) is 0 Å². The largest absolute Gasteiger partial charge is 0.435 e. The van der Waals surface area contributed by atoms with Crippen molar-refractivity contribution < 1.29 is 18.3 Å². The first-order valence-electron chi connectivity index (χ1n) is 8.93. The molecule has 0 unspecified atom stereocenters. The number of amides is 1. The summed E-state index contributed by atoms with van der Waals surface area (Å²) in [5.74, 6) is 0.333. The Bertz CT molecular complexity index is 998. The van der Waals surface area contributed by atoms with E-state index < -0.39 is 6.61 Å². The quantitative estimate of drug-likeness (QED) is 0.574. The predicted molar refractivity (Wildman–Crippen MR) is 106 cm³/mol. The van der Waals surface area contributed by atoms with Crippen molar-refractivity contribution >= 4 is 22.9 Å². The van der Waals surface area contributed by atoms with Gasteiger partial charge in [-0.1, -0.05) is 12.1 Å². The molecule has 0 radical (unpaired) electrons. The van der Waals surface area contributed by atoms with Crippen LogP contribution in [0.5, 0.6) is 5.75 Å². The summed E-state index contributed by atoms with van der Waals surface area (Å²) in [7, 11) is 0. The second kappa shape index (κ2) is 7.67. The van der Waals surface area contributed by atoms with Crippen molar-refractivity contribution in [3.8, 4) is 27.6 Å². The number of alkyl halides is 2. The van der Waals surface area contributed by atoms with E-state index in [1.54, 1.807) is 23.5 Å². The zero-order chi connectivity index (χ0) is 19.7. The SMILES string of the molecule is Cc1sc(-c2cccc(NC(=O)C3CC3)c2)nc1-c1ccc(OC(F)F)cc1. The van der Waals surface area contributed by atoms with Crippen molar-refractivity contribution in [1.29, 1.82) is 0 Å². The summed E-state index contributed by atoms with van der Waals surface area (Å²) in [5, 5.41) is 3.79. The van der Waals surface area contributed by atoms with Gasteiger partial charge in [0.15, 0.2) is 0 Å². The van der Waals surface area contributed by atoms with Gasteiger partial charge in [-0.25, -0.2) is 4.98 Å². The van der Waals surface area contributed by atoms with Gasteiger partial charge in [-0.3, -0.25) is 4.79 Å². The number of benzene rings is 2. The van der Waals surface area contributed by atoms with Crippen LogP contribution in [-0.2, 0) is 4.79 Å². The van der Waals surface area contributed by atoms with E-state index in [1.165, 1.54) is 12.1 Å². The van der Waals surface area contributed by atoms with Crippen LogP contribution in [0.4, 0.5) is 14.5 Å². The van der Waals surface area contributed by atoms with E-state index in [2.05, 4.69) is 10.1 Å². The van der Waals surface area contributed by atoms with Gasteiger partial charge in [0.05, 0.1) is 5.69 Å². The maximum absolute atomic E-state index is 12.3. The fourth-order valence-electron chi connectivity index (χ4n) is 2.90. The standard InChI is InChI=1S/C21H18F2N2O2S/c1-12-18(13-7-9-17(10-8-13)27-21(22)23)25-20(28-12)15-3-2-4-16(11-15)24-19(26)14-5-6-14/h2-4,7-11,14,21H,5-6H2,1H3,(H,24,26). The van der Waals surface area contributed by atoms with Gasteiger partial charge in [-0.2, -0.15) is 8.78 Å². The minimum atomic E-state index is -2.84. The predicted octanol–water partition coefficient (Wildman–Crippen LogP) is 5.74. The molecule has 144 valence electrons. The van der Waals surface area contributed by atoms with Crippen molar-refractivity contribution in [3.05, 3.63) is 53.4 Å². The number of thiazole rings is 1. The van der Waals surface area contributed by atoms with E-state index in [0.717, 1.165) is 45.2 Å². The fourth-order valence-corrected chi connectivity index (χ4v) is 3.83. The summed E-state index contributed by atoms with van der Waals surface area (Å²) in [6.45, 7) is -0.871. The molecule has 1 amide bonds. The van der Waals surface area contributed by atoms with Gasteiger partial charge >= 0.3 is 6.61 Å². The molecule has 1 aromatic heterocycles. The van der Waals surface area contributed by atoms with E-state index in [1.807, 2.05) is 31.2 Å². The van der Waals surface area contributed by atoms with E-state index >= 15 is 0 Å². The lowest BCUT2D eigenvalue weighted by atomic mass is 10.1. The first kappa shape index (κ1) is 18.6. The van der Waals surface area contributed by atoms with Gasteiger partial charge in [0, 0.05) is 27.6 Å². The zero-order valence-electron chi connectivity index (χ0n) is 15.1. The zero-order valence-corrected chi connectivity index (χ0v) is 15.9. The monoisotopic (exact) mass is 400 g/mol. The highest BCUT2D eigenvalue weighted by molar-refractivity contribution is 7.15. The number of hydrogen-bond acceptors (Lipinski definition) is 4. The molecule has 0 aliphatic heterocycles. The van der Waals surface area contributed by atoms with Gasteiger partial charge in [-0.15, -0.1) is 11.3 Å². The molecule has 1 N–H and O–H groups in total. The molecule has 2 aromatic carbocycles. The number of rotatable bonds is 6. The number of hydrogen-bond donors (Lipinski definition) is 1. The maximum atomic E-state index is 12.3. The van der Waals surface area contributed by atoms with E-state index in [0.29, 0.717) is 0 Å². The highest BCUT2D eigenvalue weighted by Crippen LogP contribution is 2.35. The number of aryl methyl sites for hydroxylation is 1. The topological polar surface area (TPSA) is 51.2 Å². The van der Waals surface area contributed by atoms with E-state index in [4.69, 9.17) is 4.98 Å². The molecule has 1 heterocycles. The number of aromatic nitrogens is 1. The summed E-state index contributed by atoms with van der Waals surface area (Å²) < 4.78 is 29.0. The summed E-state index contributed by atoms with van der Waals surface area (Å²) in [6, 6.07) is 14.1. The third kappa shape index (κ3) is 4.20. The molecule has 0 spiro atoms. The van der Waals surface area contributed by atoms with E-state index in [-0.39, 0.29) is 17.6 Å². The van der Waals surface area contributed by atoms with Crippen molar-refractivity contribution in [3.63, 3.8) is 0 Å². The molecule has 1 aliphatic rings. The van der Waals surface area contributed by atoms with Gasteiger partial charge in [-0.05, 0) is 56.2 Å². The molecule has 4 nitrogen and oxygen atoms in total. The Hall–Kier alpha value is -2.80. The fraction of sp³-hybridized carbons (Fsp3) is 0.238. The third-order valence-corrected chi connectivity index (χ3v) is 5.49. The first-order chi connectivity index (χ1) is 13.5. The Labute approximate surface area is 165 Å². The van der Waals surface area contributed by atoms with Crippen LogP contribution in [0.1, 0.15) is 17.7 Å². The van der Waals surface area contributed by atoms with Crippen LogP contribution in [0.2, 0.25) is 0 Å². The van der Waals surface area contributed by atoms with Crippen molar-refractivity contribution in [2.75, 3.05) is 5.32 Å². The summed E-state index contributed by atoms with van der Waals surface area (Å²) >= 11 is 1.55. The average Bonchev–Trinajstić information content (AvgIpc) is 3.45. The van der Waals surface area contributed by atoms with E-state index in [9.17, 15) is 13.6 Å². The van der Waals surface area contributed by atoms with Gasteiger partial charge in [0.1, 0.15) is 10.8 Å². The van der Waals surface area contributed by atoms with Crippen LogP contribution in [0.3, 0.4) is 0 Å². The second-order valence-corrected chi connectivity index (χ2v) is 7.87. The molecule has 0 atom stereocenters. The summed E-state index contributed by atoms with van der Waals surface area (Å²) in [5.41, 5.74) is 3.32. The van der Waals surface area contributed by atoms with Crippen molar-refractivity contribution in [2.45, 2.75) is 26.4 Å². The number of nitrogens with one attached hydrogen (secondary N) is 1. The number of halogens is 2. The van der Waals surface area contributed by atoms with Crippen LogP contribution in [0, 0.1) is 12.8 Å². The first-order valence-corrected chi connectivity index (χ1v) is 9.75. The summed E-state index contributed by atoms with van der Waals surface area (Å²) in [6.07, 6.45) is 1.92. The maximum Gasteiger partial charge on any atom is 0.387 e. The Balaban J connectivity index is 1.56. The molecular formula is C21H18F2N2O2S. The molecule has 0 bridgehead atoms. The second-order valence-electron chi connectivity index (χ2n) is 6.67. The molecule has 1 fully saturated rings. The van der Waals surface area contributed by atoms with Crippen molar-refractivity contribution in [1.82, 2.24) is 4.98 Å². The molecular weight excluding hydrogens is 382 g/mol. The number of carbonyl (C=O) groups is 1. The molecule has 1 aliphatic carbocycles. The average molecular weight is 400 g/mol. The molecule has 7 heteroatoms. The molecule has 28 heavy (non-hydrogen) atoms. The van der Waals surface area contributed by atoms with Gasteiger partial charge in [0.2, 0.25) is 5.91 Å². The van der Waals surface area contributed by atoms with Crippen LogP contribution in [0.15, 0.2) is 48.5 Å². The Morgan fingerprint density at radius 3 is 2.61 bits per heavy atom. The minimum Gasteiger partial charge on any atom is -0.435 e. The number of ether oxygens (including phenoxy) is 1. The Kier molecular flexibility index (Phi) is 5.09. The molecule has 4 rings (SSSR count). The highest BCUT2D eigenvalue weighted by Gasteiger charge is 2.29. The normalized spacial score (nSPS) is 13.6. The lowest BCUT2D eigenvalue weighted by molar-refractivity contribution is -0.117.